The molecule has 0 aromatic heterocycles. The number of para-hydroxylation sites is 1. The highest BCUT2D eigenvalue weighted by molar-refractivity contribution is 5.97. The standard InChI is InChI=1S/C19H31N3O2/c1-4-20-15-16-9-11-22(12-10-16)19(23)17-7-5-6-8-18(17)24-14-13-21(2)3/h5-8,16,20H,4,9-15H2,1-3H3. The summed E-state index contributed by atoms with van der Waals surface area (Å²) in [5.74, 6) is 1.47. The average molecular weight is 333 g/mol. The molecule has 134 valence electrons. The highest BCUT2D eigenvalue weighted by atomic mass is 16.5. The molecule has 1 heterocycles. The van der Waals surface area contributed by atoms with E-state index < -0.39 is 0 Å². The van der Waals surface area contributed by atoms with E-state index in [-0.39, 0.29) is 5.91 Å². The third-order valence-electron chi connectivity index (χ3n) is 4.50. The monoisotopic (exact) mass is 333 g/mol. The predicted molar refractivity (Wildman–Crippen MR) is 97.7 cm³/mol. The Bertz CT molecular complexity index is 511. The first-order chi connectivity index (χ1) is 11.6. The predicted octanol–water partition coefficient (Wildman–Crippen LogP) is 2.09. The van der Waals surface area contributed by atoms with Gasteiger partial charge in [-0.05, 0) is 58.1 Å². The van der Waals surface area contributed by atoms with Crippen molar-refractivity contribution in [1.82, 2.24) is 15.1 Å². The van der Waals surface area contributed by atoms with Crippen LogP contribution < -0.4 is 10.1 Å². The summed E-state index contributed by atoms with van der Waals surface area (Å²) in [6.45, 7) is 7.29. The average Bonchev–Trinajstić information content (AvgIpc) is 2.60. The molecule has 1 saturated heterocycles. The molecule has 0 saturated carbocycles. The topological polar surface area (TPSA) is 44.8 Å². The first-order valence-corrected chi connectivity index (χ1v) is 8.98. The number of hydrogen-bond donors (Lipinski definition) is 1. The maximum Gasteiger partial charge on any atom is 0.257 e. The zero-order chi connectivity index (χ0) is 17.4. The van der Waals surface area contributed by atoms with E-state index in [1.807, 2.05) is 43.3 Å². The van der Waals surface area contributed by atoms with E-state index in [0.717, 1.165) is 45.6 Å². The molecule has 5 nitrogen and oxygen atoms in total. The number of likely N-dealkylation sites (N-methyl/N-ethyl adjacent to an activating group) is 1. The van der Waals surface area contributed by atoms with Gasteiger partial charge in [0.2, 0.25) is 0 Å². The van der Waals surface area contributed by atoms with Crippen molar-refractivity contribution < 1.29 is 9.53 Å². The van der Waals surface area contributed by atoms with E-state index in [9.17, 15) is 4.79 Å². The van der Waals surface area contributed by atoms with Gasteiger partial charge in [0.25, 0.3) is 5.91 Å². The second-order valence-electron chi connectivity index (χ2n) is 6.69. The number of amides is 1. The molecule has 1 aliphatic heterocycles. The van der Waals surface area contributed by atoms with Gasteiger partial charge >= 0.3 is 0 Å². The van der Waals surface area contributed by atoms with Crippen LogP contribution in [0.15, 0.2) is 24.3 Å². The van der Waals surface area contributed by atoms with Gasteiger partial charge in [-0.1, -0.05) is 19.1 Å². The highest BCUT2D eigenvalue weighted by Crippen LogP contribution is 2.23. The van der Waals surface area contributed by atoms with Crippen LogP contribution in [-0.4, -0.2) is 69.1 Å². The van der Waals surface area contributed by atoms with Crippen molar-refractivity contribution in [2.24, 2.45) is 5.92 Å². The number of nitrogens with zero attached hydrogens (tertiary/aromatic N) is 2. The van der Waals surface area contributed by atoms with E-state index in [4.69, 9.17) is 4.74 Å². The molecule has 1 aliphatic rings. The molecule has 1 N–H and O–H groups in total. The molecule has 0 atom stereocenters. The number of benzene rings is 1. The number of carbonyl (C=O) groups is 1. The fraction of sp³-hybridized carbons (Fsp3) is 0.632. The molecule has 0 aliphatic carbocycles. The number of nitrogens with one attached hydrogen (secondary N) is 1. The Labute approximate surface area is 146 Å². The Morgan fingerprint density at radius 1 is 1.29 bits per heavy atom. The van der Waals surface area contributed by atoms with Crippen molar-refractivity contribution in [3.8, 4) is 5.75 Å². The van der Waals surface area contributed by atoms with Crippen molar-refractivity contribution in [3.63, 3.8) is 0 Å². The molecule has 1 aromatic rings. The first-order valence-electron chi connectivity index (χ1n) is 8.98. The van der Waals surface area contributed by atoms with Crippen LogP contribution in [0.5, 0.6) is 5.75 Å². The number of likely N-dealkylation sites (tertiary alicyclic amines) is 1. The summed E-state index contributed by atoms with van der Waals surface area (Å²) in [6, 6.07) is 7.59. The maximum atomic E-state index is 12.9. The second-order valence-corrected chi connectivity index (χ2v) is 6.69. The minimum atomic E-state index is 0.0948. The quantitative estimate of drug-likeness (QED) is 0.791. The Hall–Kier alpha value is -1.59. The van der Waals surface area contributed by atoms with Gasteiger partial charge in [-0.25, -0.2) is 0 Å². The van der Waals surface area contributed by atoms with Crippen LogP contribution in [0.3, 0.4) is 0 Å². The van der Waals surface area contributed by atoms with Gasteiger partial charge in [-0.2, -0.15) is 0 Å². The van der Waals surface area contributed by atoms with Crippen molar-refractivity contribution in [2.75, 3.05) is 53.4 Å². The van der Waals surface area contributed by atoms with Crippen LogP contribution in [-0.2, 0) is 0 Å². The van der Waals surface area contributed by atoms with Crippen molar-refractivity contribution >= 4 is 5.91 Å². The minimum absolute atomic E-state index is 0.0948. The lowest BCUT2D eigenvalue weighted by atomic mass is 9.96. The third kappa shape index (κ3) is 5.49. The fourth-order valence-corrected chi connectivity index (χ4v) is 2.97. The van der Waals surface area contributed by atoms with Crippen molar-refractivity contribution in [3.05, 3.63) is 29.8 Å². The lowest BCUT2D eigenvalue weighted by molar-refractivity contribution is 0.0685. The summed E-state index contributed by atoms with van der Waals surface area (Å²) in [5.41, 5.74) is 0.682. The summed E-state index contributed by atoms with van der Waals surface area (Å²) in [5, 5.41) is 3.41. The smallest absolute Gasteiger partial charge is 0.257 e. The molecule has 1 fully saturated rings. The summed E-state index contributed by atoms with van der Waals surface area (Å²) < 4.78 is 5.83. The van der Waals surface area contributed by atoms with Gasteiger partial charge in [0.1, 0.15) is 12.4 Å². The number of hydrogen-bond acceptors (Lipinski definition) is 4. The molecular weight excluding hydrogens is 302 g/mol. The van der Waals surface area contributed by atoms with Crippen molar-refractivity contribution in [2.45, 2.75) is 19.8 Å². The summed E-state index contributed by atoms with van der Waals surface area (Å²) >= 11 is 0. The molecule has 1 amide bonds. The first kappa shape index (κ1) is 18.7. The van der Waals surface area contributed by atoms with Gasteiger partial charge in [-0.3, -0.25) is 4.79 Å². The molecule has 24 heavy (non-hydrogen) atoms. The SMILES string of the molecule is CCNCC1CCN(C(=O)c2ccccc2OCCN(C)C)CC1. The molecule has 1 aromatic carbocycles. The third-order valence-corrected chi connectivity index (χ3v) is 4.50. The molecule has 0 unspecified atom stereocenters. The van der Waals surface area contributed by atoms with Crippen LogP contribution in [0.2, 0.25) is 0 Å². The largest absolute Gasteiger partial charge is 0.491 e. The molecule has 0 radical (unpaired) electrons. The van der Waals surface area contributed by atoms with Gasteiger partial charge in [-0.15, -0.1) is 0 Å². The van der Waals surface area contributed by atoms with E-state index in [1.165, 1.54) is 0 Å². The van der Waals surface area contributed by atoms with Gasteiger partial charge in [0.15, 0.2) is 0 Å². The van der Waals surface area contributed by atoms with E-state index in [2.05, 4.69) is 17.1 Å². The molecular formula is C19H31N3O2. The maximum absolute atomic E-state index is 12.9. The lowest BCUT2D eigenvalue weighted by Crippen LogP contribution is -2.40. The van der Waals surface area contributed by atoms with E-state index in [0.29, 0.717) is 23.8 Å². The van der Waals surface area contributed by atoms with Gasteiger partial charge in [0.05, 0.1) is 5.56 Å². The lowest BCUT2D eigenvalue weighted by Gasteiger charge is -2.32. The Kier molecular flexibility index (Phi) is 7.53. The van der Waals surface area contributed by atoms with E-state index >= 15 is 0 Å². The van der Waals surface area contributed by atoms with Gasteiger partial charge < -0.3 is 19.9 Å². The number of rotatable bonds is 8. The highest BCUT2D eigenvalue weighted by Gasteiger charge is 2.25. The van der Waals surface area contributed by atoms with Crippen LogP contribution >= 0.6 is 0 Å². The molecule has 5 heteroatoms. The van der Waals surface area contributed by atoms with Crippen molar-refractivity contribution in [1.29, 1.82) is 0 Å². The molecule has 0 spiro atoms. The summed E-state index contributed by atoms with van der Waals surface area (Å²) in [4.78, 5) is 16.9. The molecule has 2 rings (SSSR count). The number of piperidine rings is 1. The number of ether oxygens (including phenoxy) is 1. The summed E-state index contributed by atoms with van der Waals surface area (Å²) in [7, 11) is 4.02. The normalized spacial score (nSPS) is 15.8. The Morgan fingerprint density at radius 2 is 2.00 bits per heavy atom. The minimum Gasteiger partial charge on any atom is -0.491 e. The van der Waals surface area contributed by atoms with Crippen LogP contribution in [0.25, 0.3) is 0 Å². The zero-order valence-corrected chi connectivity index (χ0v) is 15.3. The number of carbonyl (C=O) groups excluding carboxylic acids is 1. The summed E-state index contributed by atoms with van der Waals surface area (Å²) in [6.07, 6.45) is 2.14. The second kappa shape index (κ2) is 9.64. The van der Waals surface area contributed by atoms with Gasteiger partial charge in [0, 0.05) is 19.6 Å². The van der Waals surface area contributed by atoms with Crippen LogP contribution in [0.4, 0.5) is 0 Å². The Morgan fingerprint density at radius 3 is 2.67 bits per heavy atom. The Balaban J connectivity index is 1.92. The van der Waals surface area contributed by atoms with E-state index in [1.54, 1.807) is 0 Å². The zero-order valence-electron chi connectivity index (χ0n) is 15.3. The van der Waals surface area contributed by atoms with Crippen LogP contribution in [0.1, 0.15) is 30.1 Å². The fourth-order valence-electron chi connectivity index (χ4n) is 2.97. The van der Waals surface area contributed by atoms with Crippen LogP contribution in [0, 0.1) is 5.92 Å². The molecule has 0 bridgehead atoms.